The Morgan fingerprint density at radius 2 is 0.689 bits per heavy atom. The van der Waals surface area contributed by atoms with Gasteiger partial charge in [0, 0.05) is 65.9 Å². The maximum Gasteiger partial charge on any atom is 0.238 e. The van der Waals surface area contributed by atoms with Gasteiger partial charge in [-0.1, -0.05) is 422 Å². The van der Waals surface area contributed by atoms with Crippen molar-refractivity contribution in [2.24, 2.45) is 0 Å². The highest BCUT2D eigenvalue weighted by Gasteiger charge is 2.51. The number of rotatable bonds is 32. The molecule has 0 N–H and O–H groups in total. The molecule has 0 unspecified atom stereocenters. The fourth-order valence-corrected chi connectivity index (χ4v) is 25.6. The molecular formula is C127H126N4O. The van der Waals surface area contributed by atoms with Crippen molar-refractivity contribution >= 4 is 39.3 Å². The van der Waals surface area contributed by atoms with Crippen molar-refractivity contribution in [2.45, 2.75) is 257 Å². The van der Waals surface area contributed by atoms with Crippen molar-refractivity contribution < 1.29 is 4.42 Å². The van der Waals surface area contributed by atoms with E-state index in [-0.39, 0.29) is 21.7 Å². The Morgan fingerprint density at radius 1 is 0.280 bits per heavy atom. The van der Waals surface area contributed by atoms with Crippen LogP contribution in [0.15, 0.2) is 283 Å². The van der Waals surface area contributed by atoms with E-state index in [1.807, 2.05) is 0 Å². The number of hydrogen-bond acceptors (Lipinski definition) is 5. The predicted octanol–water partition coefficient (Wildman–Crippen LogP) is 36.0. The van der Waals surface area contributed by atoms with Crippen LogP contribution in [0.4, 0.5) is 17.3 Å². The summed E-state index contributed by atoms with van der Waals surface area (Å²) < 4.78 is 7.22. The van der Waals surface area contributed by atoms with Crippen LogP contribution >= 0.6 is 0 Å². The van der Waals surface area contributed by atoms with Gasteiger partial charge in [0.2, 0.25) is 5.95 Å². The zero-order chi connectivity index (χ0) is 89.8. The van der Waals surface area contributed by atoms with E-state index < -0.39 is 5.41 Å². The topological polar surface area (TPSA) is 55.1 Å². The van der Waals surface area contributed by atoms with Gasteiger partial charge in [-0.2, -0.15) is 9.97 Å². The smallest absolute Gasteiger partial charge is 0.238 e. The number of para-hydroxylation sites is 1. The second-order valence-electron chi connectivity index (χ2n) is 41.3. The van der Waals surface area contributed by atoms with E-state index in [1.165, 1.54) is 290 Å². The summed E-state index contributed by atoms with van der Waals surface area (Å²) in [4.78, 5) is 19.3. The number of aromatic nitrogens is 3. The van der Waals surface area contributed by atoms with Crippen LogP contribution in [0.2, 0.25) is 0 Å². The third-order valence-corrected chi connectivity index (χ3v) is 32.3. The fourth-order valence-electron chi connectivity index (χ4n) is 25.6. The molecule has 16 aromatic rings. The molecule has 132 heavy (non-hydrogen) atoms. The lowest BCUT2D eigenvalue weighted by atomic mass is 9.69. The van der Waals surface area contributed by atoms with E-state index in [4.69, 9.17) is 19.4 Å². The average molecular weight is 1720 g/mol. The van der Waals surface area contributed by atoms with Crippen LogP contribution in [-0.2, 0) is 33.5 Å². The molecule has 5 nitrogen and oxygen atoms in total. The molecular weight excluding hydrogens is 1600 g/mol. The van der Waals surface area contributed by atoms with Crippen LogP contribution < -0.4 is 4.90 Å². The van der Waals surface area contributed by atoms with Gasteiger partial charge in [0.1, 0.15) is 11.2 Å². The van der Waals surface area contributed by atoms with Crippen molar-refractivity contribution in [1.29, 1.82) is 0 Å². The summed E-state index contributed by atoms with van der Waals surface area (Å²) in [5, 5.41) is 2.34. The van der Waals surface area contributed by atoms with E-state index >= 15 is 0 Å². The lowest BCUT2D eigenvalue weighted by molar-refractivity contribution is 0.399. The molecule has 0 radical (unpaired) electrons. The number of furan rings is 1. The number of fused-ring (bicyclic) bond motifs is 25. The number of benzene rings is 14. The summed E-state index contributed by atoms with van der Waals surface area (Å²) in [5.41, 5.74) is 45.6. The molecule has 0 atom stereocenters. The van der Waals surface area contributed by atoms with Gasteiger partial charge in [0.15, 0.2) is 11.6 Å². The Hall–Kier alpha value is -12.3. The second-order valence-corrected chi connectivity index (χ2v) is 41.3. The van der Waals surface area contributed by atoms with Gasteiger partial charge >= 0.3 is 0 Å². The first-order valence-corrected chi connectivity index (χ1v) is 50.6. The van der Waals surface area contributed by atoms with E-state index in [0.717, 1.165) is 71.2 Å². The monoisotopic (exact) mass is 1720 g/mol. The molecule has 0 saturated carbocycles. The molecule has 0 bridgehead atoms. The van der Waals surface area contributed by atoms with Gasteiger partial charge in [-0.25, -0.2) is 4.98 Å². The molecule has 5 heteroatoms. The fraction of sp³-hybridized carbons (Fsp3) is 0.315. The van der Waals surface area contributed by atoms with Crippen LogP contribution in [0.3, 0.4) is 0 Å². The molecule has 0 amide bonds. The number of nitrogens with zero attached hydrogens (tertiary/aromatic N) is 4. The van der Waals surface area contributed by atoms with Crippen molar-refractivity contribution in [3.05, 3.63) is 346 Å². The minimum atomic E-state index is -0.461. The molecule has 0 fully saturated rings. The number of unbranched alkanes of at least 4 members (excludes halogenated alkanes) is 16. The van der Waals surface area contributed by atoms with Crippen molar-refractivity contribution in [2.75, 3.05) is 4.90 Å². The van der Waals surface area contributed by atoms with Gasteiger partial charge < -0.3 is 4.42 Å². The standard InChI is InChI=1S/C127H126N4O/c1-11-15-19-23-41-71-126(72-42-24-20-16-12-2)104-55-39-35-51-93(104)96-68-63-88(78-108(96)126)87-62-67-95-94-66-61-86(76-105(94)123(5,6)106(95)77-87)82-57-59-83(60-58-82)101-81-110-113(112-92-50-34-33-49-89(92)75-102(101)112)99-70-65-91(80-109(99)127(110,73-43-25-21-17-13-3)74-44-26-22-18-14-4)131(122-129-120(84-45-29-27-30-46-84)128-121(130-122)85-47-31-28-32-48-85)90-64-69-98-107(79-90)125(9,10)117-114(98)115-100-53-37-40-56-111(100)132-119(115)116-97-52-36-38-54-103(97)124(7,8)118(116)117/h27-40,45-70,76-81H,11-26,41-44,71-75H2,1-10H3. The Bertz CT molecular complexity index is 7070. The van der Waals surface area contributed by atoms with Crippen LogP contribution in [0.5, 0.6) is 0 Å². The molecule has 6 aliphatic carbocycles. The van der Waals surface area contributed by atoms with Gasteiger partial charge in [0.05, 0.1) is 0 Å². The molecule has 660 valence electrons. The summed E-state index contributed by atoms with van der Waals surface area (Å²) >= 11 is 0. The summed E-state index contributed by atoms with van der Waals surface area (Å²) in [6, 6.07) is 108. The van der Waals surface area contributed by atoms with Crippen LogP contribution in [0, 0.1) is 0 Å². The normalized spacial score (nSPS) is 15.0. The molecule has 22 rings (SSSR count). The Kier molecular flexibility index (Phi) is 22.2. The SMILES string of the molecule is CCCCCCCC1(CCCCCCC)c2ccccc2-c2ccc(-c3ccc4c(c3)C(C)(C)c3cc(-c5ccc(-c6cc7c(c8c6Cc6ccccc6-8)-c6ccc(N(c8ccc9c(c8)C(C)(C)c8c%10c(c%11oc%12ccccc%12c%11c8-9)-c8ccccc8C%10(C)C)c8nc(-c9ccccc9)nc(-c9ccccc9)n8)cc6C7(CCCCCCC)CCCCCCC)cc5)ccc3-4)cc21. The van der Waals surface area contributed by atoms with Crippen LogP contribution in [0.25, 0.3) is 145 Å². The maximum absolute atomic E-state index is 7.22. The highest BCUT2D eigenvalue weighted by Crippen LogP contribution is 2.67. The van der Waals surface area contributed by atoms with Crippen molar-refractivity contribution in [1.82, 2.24) is 15.0 Å². The lowest BCUT2D eigenvalue weighted by Gasteiger charge is -2.34. The number of anilines is 3. The summed E-state index contributed by atoms with van der Waals surface area (Å²) in [5.74, 6) is 1.83. The zero-order valence-corrected chi connectivity index (χ0v) is 79.4. The zero-order valence-electron chi connectivity index (χ0n) is 79.4. The maximum atomic E-state index is 7.22. The highest BCUT2D eigenvalue weighted by atomic mass is 16.3. The summed E-state index contributed by atoms with van der Waals surface area (Å²) in [6.45, 7) is 24.2. The Morgan fingerprint density at radius 3 is 1.27 bits per heavy atom. The third-order valence-electron chi connectivity index (χ3n) is 32.3. The molecule has 14 aromatic carbocycles. The Labute approximate surface area is 783 Å². The molecule has 6 aliphatic rings. The summed E-state index contributed by atoms with van der Waals surface area (Å²) in [7, 11) is 0. The van der Waals surface area contributed by atoms with Crippen LogP contribution in [0.1, 0.15) is 290 Å². The van der Waals surface area contributed by atoms with Gasteiger partial charge in [-0.05, 0) is 248 Å². The molecule has 2 aromatic heterocycles. The van der Waals surface area contributed by atoms with Gasteiger partial charge in [-0.15, -0.1) is 0 Å². The molecule has 0 spiro atoms. The summed E-state index contributed by atoms with van der Waals surface area (Å²) in [6.07, 6.45) is 30.4. The Balaban J connectivity index is 0.669. The van der Waals surface area contributed by atoms with Crippen molar-refractivity contribution in [3.63, 3.8) is 0 Å². The predicted molar refractivity (Wildman–Crippen MR) is 556 cm³/mol. The second kappa shape index (κ2) is 34.4. The first-order chi connectivity index (χ1) is 64.6. The van der Waals surface area contributed by atoms with Gasteiger partial charge in [0.25, 0.3) is 0 Å². The first kappa shape index (κ1) is 85.2. The first-order valence-electron chi connectivity index (χ1n) is 50.6. The minimum Gasteiger partial charge on any atom is -0.455 e. The van der Waals surface area contributed by atoms with E-state index in [1.54, 1.807) is 11.1 Å². The van der Waals surface area contributed by atoms with Crippen LogP contribution in [-0.4, -0.2) is 15.0 Å². The van der Waals surface area contributed by atoms with E-state index in [0.29, 0.717) is 17.6 Å². The average Bonchev–Trinajstić information content (AvgIpc) is 1.50. The van der Waals surface area contributed by atoms with Crippen molar-refractivity contribution in [3.8, 4) is 123 Å². The molecule has 2 heterocycles. The largest absolute Gasteiger partial charge is 0.455 e. The number of hydrogen-bond donors (Lipinski definition) is 0. The van der Waals surface area contributed by atoms with E-state index in [2.05, 4.69) is 353 Å². The van der Waals surface area contributed by atoms with E-state index in [9.17, 15) is 0 Å². The minimum absolute atomic E-state index is 0.0339. The highest BCUT2D eigenvalue weighted by molar-refractivity contribution is 6.21. The van der Waals surface area contributed by atoms with Gasteiger partial charge in [-0.3, -0.25) is 4.90 Å². The quantitative estimate of drug-likeness (QED) is 0.0393. The molecule has 0 aliphatic heterocycles. The lowest BCUT2D eigenvalue weighted by Crippen LogP contribution is -2.26. The third kappa shape index (κ3) is 14.0. The molecule has 0 saturated heterocycles.